The van der Waals surface area contributed by atoms with E-state index in [0.717, 1.165) is 0 Å². The largest absolute Gasteiger partial charge is 0.459 e. The highest BCUT2D eigenvalue weighted by Gasteiger charge is 2.87. The van der Waals surface area contributed by atoms with Gasteiger partial charge in [0.1, 0.15) is 29.3 Å². The summed E-state index contributed by atoms with van der Waals surface area (Å²) in [4.78, 5) is 40.7. The van der Waals surface area contributed by atoms with Crippen molar-refractivity contribution in [3.8, 4) is 0 Å². The van der Waals surface area contributed by atoms with Crippen molar-refractivity contribution in [2.75, 3.05) is 6.61 Å². The zero-order chi connectivity index (χ0) is 30.5. The monoisotopic (exact) mass is 577 g/mol. The molecule has 2 spiro atoms. The van der Waals surface area contributed by atoms with Crippen molar-refractivity contribution < 1.29 is 43.9 Å². The number of carbonyl (C=O) groups excluding carboxylic acids is 3. The minimum Gasteiger partial charge on any atom is -0.459 e. The highest BCUT2D eigenvalue weighted by molar-refractivity contribution is 6.05. The van der Waals surface area contributed by atoms with Crippen LogP contribution in [0.4, 0.5) is 4.79 Å². The Labute approximate surface area is 242 Å². The summed E-state index contributed by atoms with van der Waals surface area (Å²) < 4.78 is 17.6. The van der Waals surface area contributed by atoms with Crippen LogP contribution in [0.5, 0.6) is 0 Å². The summed E-state index contributed by atoms with van der Waals surface area (Å²) in [6, 6.07) is -1.07. The third-order valence-electron chi connectivity index (χ3n) is 10.8. The second-order valence-corrected chi connectivity index (χ2v) is 15.2. The molecule has 10 nitrogen and oxygen atoms in total. The van der Waals surface area contributed by atoms with Crippen LogP contribution in [0.3, 0.4) is 0 Å². The molecule has 0 aromatic heterocycles. The standard InChI is InChI=1S/C31H47NO9/c1-15(2)13-18(32-26(37)41-27(4,5)6)25(36)40-24-17-9-10-19-29-14-39-31(38,30(19,24)22(34)16(17)3)23(35)21(29)28(7,8)12-11-20(29)33/h15,17-21,23-24,33,35,38H,3,9-14H2,1-2,4-8H3,(H,32,37)/t17-,18-,19-,20-,21+,23-,24+,29+,30-,31+/m0/s1. The Morgan fingerprint density at radius 3 is 2.44 bits per heavy atom. The molecule has 2 saturated heterocycles. The van der Waals surface area contributed by atoms with Crippen molar-refractivity contribution in [2.24, 2.45) is 39.9 Å². The molecule has 2 heterocycles. The van der Waals surface area contributed by atoms with Crippen LogP contribution in [0.15, 0.2) is 12.2 Å². The van der Waals surface area contributed by atoms with Gasteiger partial charge in [-0.2, -0.15) is 0 Å². The van der Waals surface area contributed by atoms with E-state index < -0.39 is 87.6 Å². The van der Waals surface area contributed by atoms with Crippen LogP contribution in [0.2, 0.25) is 0 Å². The van der Waals surface area contributed by atoms with Gasteiger partial charge in [-0.25, -0.2) is 9.59 Å². The van der Waals surface area contributed by atoms with Crippen LogP contribution in [0.1, 0.15) is 80.6 Å². The van der Waals surface area contributed by atoms with Crippen molar-refractivity contribution in [1.82, 2.24) is 5.32 Å². The molecule has 10 atom stereocenters. The molecular formula is C31H47NO9. The Kier molecular flexibility index (Phi) is 7.05. The summed E-state index contributed by atoms with van der Waals surface area (Å²) in [6.45, 7) is 17.0. The van der Waals surface area contributed by atoms with Gasteiger partial charge in [-0.05, 0) is 75.7 Å². The fourth-order valence-corrected chi connectivity index (χ4v) is 9.38. The van der Waals surface area contributed by atoms with E-state index in [9.17, 15) is 29.7 Å². The number of hydrogen-bond acceptors (Lipinski definition) is 9. The number of hydrogen-bond donors (Lipinski definition) is 4. The van der Waals surface area contributed by atoms with Gasteiger partial charge in [0.25, 0.3) is 0 Å². The Morgan fingerprint density at radius 2 is 1.83 bits per heavy atom. The lowest BCUT2D eigenvalue weighted by atomic mass is 9.35. The fourth-order valence-electron chi connectivity index (χ4n) is 9.38. The van der Waals surface area contributed by atoms with Gasteiger partial charge in [-0.15, -0.1) is 0 Å². The number of alkyl carbamates (subject to hydrolysis) is 1. The minimum absolute atomic E-state index is 0.00682. The zero-order valence-corrected chi connectivity index (χ0v) is 25.4. The van der Waals surface area contributed by atoms with Crippen LogP contribution in [-0.4, -0.2) is 75.5 Å². The third kappa shape index (κ3) is 4.07. The Hall–Kier alpha value is -2.01. The van der Waals surface area contributed by atoms with E-state index in [1.165, 1.54) is 0 Å². The number of ketones is 1. The van der Waals surface area contributed by atoms with E-state index in [4.69, 9.17) is 14.2 Å². The highest BCUT2D eigenvalue weighted by atomic mass is 16.7. The van der Waals surface area contributed by atoms with E-state index in [1.807, 2.05) is 27.7 Å². The van der Waals surface area contributed by atoms with Crippen LogP contribution < -0.4 is 5.32 Å². The quantitative estimate of drug-likeness (QED) is 0.286. The minimum atomic E-state index is -2.34. The van der Waals surface area contributed by atoms with Crippen LogP contribution >= 0.6 is 0 Å². The summed E-state index contributed by atoms with van der Waals surface area (Å²) >= 11 is 0. The van der Waals surface area contributed by atoms with E-state index in [-0.39, 0.29) is 24.5 Å². The Morgan fingerprint density at radius 1 is 1.17 bits per heavy atom. The van der Waals surface area contributed by atoms with E-state index in [1.54, 1.807) is 20.8 Å². The van der Waals surface area contributed by atoms with Crippen molar-refractivity contribution in [3.05, 3.63) is 12.2 Å². The number of carbonyl (C=O) groups is 3. The highest BCUT2D eigenvalue weighted by Crippen LogP contribution is 2.76. The van der Waals surface area contributed by atoms with Crippen molar-refractivity contribution in [3.63, 3.8) is 0 Å². The molecule has 10 heteroatoms. The molecule has 0 unspecified atom stereocenters. The van der Waals surface area contributed by atoms with Gasteiger partial charge >= 0.3 is 12.1 Å². The molecule has 230 valence electrons. The summed E-state index contributed by atoms with van der Waals surface area (Å²) in [7, 11) is 0. The van der Waals surface area contributed by atoms with E-state index >= 15 is 0 Å². The van der Waals surface area contributed by atoms with Gasteiger partial charge in [-0.1, -0.05) is 34.3 Å². The molecular weight excluding hydrogens is 530 g/mol. The maximum Gasteiger partial charge on any atom is 0.408 e. The normalized spacial score (nSPS) is 43.3. The molecule has 0 radical (unpaired) electrons. The first kappa shape index (κ1) is 30.4. The molecule has 2 aliphatic heterocycles. The molecule has 0 aromatic carbocycles. The average molecular weight is 578 g/mol. The molecule has 0 aromatic rings. The fraction of sp³-hybridized carbons (Fsp3) is 0.839. The van der Waals surface area contributed by atoms with Gasteiger partial charge < -0.3 is 34.8 Å². The van der Waals surface area contributed by atoms with Crippen molar-refractivity contribution >= 4 is 17.8 Å². The maximum absolute atomic E-state index is 14.3. The molecule has 4 saturated carbocycles. The SMILES string of the molecule is C=C1C(=O)[C@]23[C@H](OC(=O)[C@H](CC(C)C)NC(=O)OC(C)(C)C)[C@H]1CC[C@H]2[C@@]12CO[C@]3(O)[C@@H](O)[C@@H]1C(C)(C)CC[C@@H]2O. The number of fused-ring (bicyclic) bond motifs is 2. The van der Waals surface area contributed by atoms with Gasteiger partial charge in [0.15, 0.2) is 5.78 Å². The predicted octanol–water partition coefficient (Wildman–Crippen LogP) is 2.87. The van der Waals surface area contributed by atoms with Crippen molar-refractivity contribution in [1.29, 1.82) is 0 Å². The predicted molar refractivity (Wildman–Crippen MR) is 147 cm³/mol. The molecule has 4 bridgehead atoms. The lowest BCUT2D eigenvalue weighted by Gasteiger charge is -2.74. The number of ether oxygens (including phenoxy) is 3. The van der Waals surface area contributed by atoms with Crippen LogP contribution in [0.25, 0.3) is 0 Å². The third-order valence-corrected chi connectivity index (χ3v) is 10.8. The number of esters is 1. The Bertz CT molecular complexity index is 1140. The number of aliphatic hydroxyl groups is 3. The maximum atomic E-state index is 14.3. The van der Waals surface area contributed by atoms with Crippen LogP contribution in [-0.2, 0) is 23.8 Å². The number of rotatable bonds is 5. The summed E-state index contributed by atoms with van der Waals surface area (Å²) in [5.41, 5.74) is -3.86. The number of nitrogens with one attached hydrogen (secondary N) is 1. The van der Waals surface area contributed by atoms with Gasteiger partial charge in [0.2, 0.25) is 5.79 Å². The van der Waals surface area contributed by atoms with Gasteiger partial charge in [-0.3, -0.25) is 4.79 Å². The molecule has 4 aliphatic carbocycles. The molecule has 4 N–H and O–H groups in total. The number of aliphatic hydroxyl groups excluding tert-OH is 2. The van der Waals surface area contributed by atoms with Crippen molar-refractivity contribution in [2.45, 2.75) is 116 Å². The first-order valence-corrected chi connectivity index (χ1v) is 15.0. The lowest BCUT2D eigenvalue weighted by Crippen LogP contribution is -2.85. The molecule has 1 amide bonds. The lowest BCUT2D eigenvalue weighted by molar-refractivity contribution is -0.458. The smallest absolute Gasteiger partial charge is 0.408 e. The first-order chi connectivity index (χ1) is 18.8. The Balaban J connectivity index is 1.56. The number of Topliss-reactive ketones (excluding diaryl/α,β-unsaturated/α-hetero) is 1. The molecule has 6 aliphatic rings. The van der Waals surface area contributed by atoms with Gasteiger partial charge in [0, 0.05) is 17.3 Å². The van der Waals surface area contributed by atoms with Gasteiger partial charge in [0.05, 0.1) is 12.7 Å². The second kappa shape index (κ2) is 9.49. The van der Waals surface area contributed by atoms with Crippen LogP contribution in [0, 0.1) is 39.9 Å². The summed E-state index contributed by atoms with van der Waals surface area (Å²) in [6.07, 6.45) is -2.02. The molecule has 41 heavy (non-hydrogen) atoms. The van der Waals surface area contributed by atoms with E-state index in [2.05, 4.69) is 11.9 Å². The molecule has 6 rings (SSSR count). The molecule has 6 fully saturated rings. The average Bonchev–Trinajstić information content (AvgIpc) is 2.95. The topological polar surface area (TPSA) is 152 Å². The second-order valence-electron chi connectivity index (χ2n) is 15.2. The number of amides is 1. The van der Waals surface area contributed by atoms with E-state index in [0.29, 0.717) is 25.7 Å². The zero-order valence-electron chi connectivity index (χ0n) is 25.4. The summed E-state index contributed by atoms with van der Waals surface area (Å²) in [5, 5.41) is 38.5. The first-order valence-electron chi connectivity index (χ1n) is 15.0. The summed E-state index contributed by atoms with van der Waals surface area (Å²) in [5.74, 6) is -5.33.